The zero-order valence-electron chi connectivity index (χ0n) is 17.0. The highest BCUT2D eigenvalue weighted by atomic mass is 35.5. The number of rotatable bonds is 3. The van der Waals surface area contributed by atoms with Gasteiger partial charge in [0.25, 0.3) is 11.8 Å². The van der Waals surface area contributed by atoms with Gasteiger partial charge >= 0.3 is 0 Å². The second-order valence-corrected chi connectivity index (χ2v) is 8.76. The van der Waals surface area contributed by atoms with E-state index < -0.39 is 0 Å². The molecule has 2 amide bonds. The highest BCUT2D eigenvalue weighted by Gasteiger charge is 2.40. The van der Waals surface area contributed by atoms with Crippen LogP contribution in [0.3, 0.4) is 0 Å². The summed E-state index contributed by atoms with van der Waals surface area (Å²) in [6.07, 6.45) is 0.991. The molecule has 2 aromatic carbocycles. The van der Waals surface area contributed by atoms with Crippen molar-refractivity contribution in [3.63, 3.8) is 0 Å². The number of nitrogens with one attached hydrogen (secondary N) is 3. The van der Waals surface area contributed by atoms with Gasteiger partial charge in [-0.3, -0.25) is 9.59 Å². The maximum Gasteiger partial charge on any atom is 0.263 e. The lowest BCUT2D eigenvalue weighted by atomic mass is 10.0. The molecule has 0 radical (unpaired) electrons. The number of benzene rings is 2. The van der Waals surface area contributed by atoms with Crippen LogP contribution in [0, 0.1) is 0 Å². The number of amides is 2. The molecule has 8 nitrogen and oxygen atoms in total. The predicted molar refractivity (Wildman–Crippen MR) is 121 cm³/mol. The van der Waals surface area contributed by atoms with Crippen LogP contribution in [0.2, 0.25) is 5.02 Å². The predicted octanol–water partition coefficient (Wildman–Crippen LogP) is 2.42. The lowest BCUT2D eigenvalue weighted by Gasteiger charge is -2.26. The van der Waals surface area contributed by atoms with Gasteiger partial charge in [0, 0.05) is 52.7 Å². The second-order valence-electron chi connectivity index (χ2n) is 8.32. The topological polar surface area (TPSA) is 95.1 Å². The summed E-state index contributed by atoms with van der Waals surface area (Å²) in [5, 5.41) is 14.4. The molecule has 3 N–H and O–H groups in total. The fourth-order valence-corrected chi connectivity index (χ4v) is 5.06. The summed E-state index contributed by atoms with van der Waals surface area (Å²) < 4.78 is 0. The van der Waals surface area contributed by atoms with Crippen molar-refractivity contribution < 1.29 is 14.4 Å². The van der Waals surface area contributed by atoms with Crippen LogP contribution < -0.4 is 16.0 Å². The summed E-state index contributed by atoms with van der Waals surface area (Å²) in [6, 6.07) is 13.5. The molecule has 0 unspecified atom stereocenters. The maximum absolute atomic E-state index is 12.8. The van der Waals surface area contributed by atoms with Gasteiger partial charge in [-0.1, -0.05) is 35.0 Å². The van der Waals surface area contributed by atoms with Crippen LogP contribution in [0.25, 0.3) is 5.57 Å². The molecule has 2 aromatic rings. The number of hydrogen-bond acceptors (Lipinski definition) is 6. The van der Waals surface area contributed by atoms with Gasteiger partial charge in [0.2, 0.25) is 0 Å². The fourth-order valence-electron chi connectivity index (χ4n) is 4.89. The number of nitrogens with zero attached hydrogens (tertiary/aromatic N) is 2. The van der Waals surface area contributed by atoms with E-state index in [2.05, 4.69) is 21.1 Å². The molecular formula is C23H20ClN5O3. The quantitative estimate of drug-likeness (QED) is 0.494. The van der Waals surface area contributed by atoms with E-state index in [1.807, 2.05) is 29.2 Å². The van der Waals surface area contributed by atoms with Gasteiger partial charge in [0.05, 0.1) is 11.3 Å². The Morgan fingerprint density at radius 2 is 2.00 bits per heavy atom. The van der Waals surface area contributed by atoms with Crippen LogP contribution in [0.4, 0.5) is 11.4 Å². The number of para-hydroxylation sites is 1. The fraction of sp³-hybridized carbons (Fsp3) is 0.261. The van der Waals surface area contributed by atoms with E-state index in [0.717, 1.165) is 24.2 Å². The Morgan fingerprint density at radius 3 is 2.81 bits per heavy atom. The molecule has 2 atom stereocenters. The van der Waals surface area contributed by atoms with Crippen molar-refractivity contribution in [1.82, 2.24) is 10.2 Å². The standard InChI is InChI=1S/C23H20ClN5O3/c24-12-5-6-18-16(7-12)20(23(31)27-18)22-21(15-3-1-2-4-17(15)26-22)28-32-11-19(30)29-10-13-8-14(29)9-25-13/h1-7,13-14,25-26H,8-11H2,(H,27,31)/b22-20-,28-21+/t13-,14-/m1/s1. The van der Waals surface area contributed by atoms with Crippen molar-refractivity contribution in [3.05, 3.63) is 64.3 Å². The van der Waals surface area contributed by atoms with Crippen LogP contribution in [-0.2, 0) is 14.4 Å². The van der Waals surface area contributed by atoms with Crippen LogP contribution >= 0.6 is 11.6 Å². The molecule has 4 heterocycles. The summed E-state index contributed by atoms with van der Waals surface area (Å²) in [5.41, 5.74) is 4.45. The third-order valence-electron chi connectivity index (χ3n) is 6.38. The molecule has 2 fully saturated rings. The normalized spacial score (nSPS) is 26.2. The first-order valence-electron chi connectivity index (χ1n) is 10.5. The Morgan fingerprint density at radius 1 is 1.16 bits per heavy atom. The molecule has 0 aromatic heterocycles. The Bertz CT molecular complexity index is 1220. The summed E-state index contributed by atoms with van der Waals surface area (Å²) in [5.74, 6) is -0.325. The van der Waals surface area contributed by atoms with E-state index in [0.29, 0.717) is 45.8 Å². The monoisotopic (exact) mass is 449 g/mol. The van der Waals surface area contributed by atoms with E-state index in [9.17, 15) is 9.59 Å². The molecule has 32 heavy (non-hydrogen) atoms. The van der Waals surface area contributed by atoms with Crippen molar-refractivity contribution in [3.8, 4) is 0 Å². The zero-order chi connectivity index (χ0) is 21.8. The van der Waals surface area contributed by atoms with Crippen molar-refractivity contribution >= 4 is 46.1 Å². The smallest absolute Gasteiger partial charge is 0.263 e. The van der Waals surface area contributed by atoms with E-state index in [1.165, 1.54) is 0 Å². The molecule has 6 rings (SSSR count). The lowest BCUT2D eigenvalue weighted by molar-refractivity contribution is -0.137. The molecule has 2 bridgehead atoms. The average Bonchev–Trinajstić information content (AvgIpc) is 3.55. The number of anilines is 2. The number of fused-ring (bicyclic) bond motifs is 4. The van der Waals surface area contributed by atoms with Gasteiger partial charge in [-0.2, -0.15) is 0 Å². The average molecular weight is 450 g/mol. The summed E-state index contributed by atoms with van der Waals surface area (Å²) in [7, 11) is 0. The number of allylic oxidation sites excluding steroid dienone is 1. The Hall–Kier alpha value is -3.36. The van der Waals surface area contributed by atoms with Gasteiger partial charge in [-0.05, 0) is 30.7 Å². The van der Waals surface area contributed by atoms with Crippen molar-refractivity contribution in [2.75, 3.05) is 30.3 Å². The highest BCUT2D eigenvalue weighted by molar-refractivity contribution is 6.40. The van der Waals surface area contributed by atoms with Crippen molar-refractivity contribution in [2.45, 2.75) is 18.5 Å². The summed E-state index contributed by atoms with van der Waals surface area (Å²) in [4.78, 5) is 32.9. The Kier molecular flexibility index (Phi) is 4.44. The van der Waals surface area contributed by atoms with E-state index >= 15 is 0 Å². The lowest BCUT2D eigenvalue weighted by Crippen LogP contribution is -2.47. The molecule has 0 spiro atoms. The number of carbonyl (C=O) groups is 2. The molecular weight excluding hydrogens is 430 g/mol. The van der Waals surface area contributed by atoms with Crippen molar-refractivity contribution in [1.29, 1.82) is 0 Å². The van der Waals surface area contributed by atoms with Crippen LogP contribution in [0.15, 0.2) is 53.3 Å². The van der Waals surface area contributed by atoms with Gasteiger partial charge in [0.15, 0.2) is 6.61 Å². The van der Waals surface area contributed by atoms with Gasteiger partial charge in [0.1, 0.15) is 5.71 Å². The van der Waals surface area contributed by atoms with E-state index in [4.69, 9.17) is 16.4 Å². The molecule has 9 heteroatoms. The number of carbonyl (C=O) groups excluding carboxylic acids is 2. The molecule has 4 aliphatic heterocycles. The zero-order valence-corrected chi connectivity index (χ0v) is 17.8. The first-order chi connectivity index (χ1) is 15.6. The first-order valence-corrected chi connectivity index (χ1v) is 10.9. The third-order valence-corrected chi connectivity index (χ3v) is 6.61. The van der Waals surface area contributed by atoms with Crippen LogP contribution in [0.5, 0.6) is 0 Å². The number of likely N-dealkylation sites (tertiary alicyclic amines) is 1. The number of piperazine rings is 1. The van der Waals surface area contributed by atoms with Crippen LogP contribution in [0.1, 0.15) is 17.5 Å². The summed E-state index contributed by atoms with van der Waals surface area (Å²) in [6.45, 7) is 1.39. The van der Waals surface area contributed by atoms with E-state index in [1.54, 1.807) is 18.2 Å². The number of halogens is 1. The summed E-state index contributed by atoms with van der Waals surface area (Å²) >= 11 is 6.19. The number of oxime groups is 1. The Balaban J connectivity index is 1.33. The molecule has 0 saturated carbocycles. The minimum atomic E-state index is -0.248. The minimum absolute atomic E-state index is 0.0764. The van der Waals surface area contributed by atoms with Crippen LogP contribution in [-0.4, -0.2) is 54.2 Å². The second kappa shape index (κ2) is 7.36. The van der Waals surface area contributed by atoms with E-state index in [-0.39, 0.29) is 24.5 Å². The molecule has 2 saturated heterocycles. The number of hydrogen-bond donors (Lipinski definition) is 3. The molecule has 0 aliphatic carbocycles. The van der Waals surface area contributed by atoms with Gasteiger partial charge < -0.3 is 25.7 Å². The highest BCUT2D eigenvalue weighted by Crippen LogP contribution is 2.40. The van der Waals surface area contributed by atoms with Gasteiger partial charge in [-0.25, -0.2) is 0 Å². The molecule has 4 aliphatic rings. The SMILES string of the molecule is O=C1Nc2ccc(Cl)cc2/C1=C1/Nc2ccccc2/C1=N\OCC(=O)N1C[C@H]2C[C@@H]1CN2. The maximum atomic E-state index is 12.8. The largest absolute Gasteiger partial charge is 0.385 e. The Labute approximate surface area is 189 Å². The van der Waals surface area contributed by atoms with Crippen molar-refractivity contribution in [2.24, 2.45) is 5.16 Å². The molecule has 162 valence electrons. The van der Waals surface area contributed by atoms with Gasteiger partial charge in [-0.15, -0.1) is 0 Å². The first kappa shape index (κ1) is 19.3. The minimum Gasteiger partial charge on any atom is -0.385 e. The third kappa shape index (κ3) is 3.06.